The van der Waals surface area contributed by atoms with Crippen LogP contribution in [0.15, 0.2) is 31.2 Å². The molecule has 8 nitrogen and oxygen atoms in total. The Morgan fingerprint density at radius 3 is 2.70 bits per heavy atom. The summed E-state index contributed by atoms with van der Waals surface area (Å²) < 4.78 is 15.8. The molecule has 2 aliphatic heterocycles. The van der Waals surface area contributed by atoms with Crippen molar-refractivity contribution in [2.24, 2.45) is 0 Å². The number of fused-ring (bicyclic) bond motifs is 3. The number of rotatable bonds is 2. The Balaban J connectivity index is 1.47. The summed E-state index contributed by atoms with van der Waals surface area (Å²) >= 11 is 0. The van der Waals surface area contributed by atoms with Crippen molar-refractivity contribution in [3.8, 4) is 0 Å². The number of piperazine rings is 1. The third-order valence-electron chi connectivity index (χ3n) is 4.63. The quantitative estimate of drug-likeness (QED) is 0.683. The van der Waals surface area contributed by atoms with Crippen LogP contribution >= 0.6 is 0 Å². The van der Waals surface area contributed by atoms with Gasteiger partial charge in [-0.05, 0) is 6.42 Å². The molecule has 5 rings (SSSR count). The fourth-order valence-corrected chi connectivity index (χ4v) is 3.65. The zero-order valence-corrected chi connectivity index (χ0v) is 12.1. The van der Waals surface area contributed by atoms with E-state index in [2.05, 4.69) is 30.0 Å². The van der Waals surface area contributed by atoms with E-state index >= 15 is 0 Å². The Morgan fingerprint density at radius 2 is 1.91 bits per heavy atom. The number of anilines is 2. The van der Waals surface area contributed by atoms with Gasteiger partial charge < -0.3 is 9.80 Å². The molecule has 0 N–H and O–H groups in total. The van der Waals surface area contributed by atoms with Crippen LogP contribution in [0.25, 0.3) is 5.65 Å². The summed E-state index contributed by atoms with van der Waals surface area (Å²) in [4.78, 5) is 16.6. The molecule has 0 saturated carbocycles. The second-order valence-electron chi connectivity index (χ2n) is 5.86. The van der Waals surface area contributed by atoms with Crippen LogP contribution in [0.5, 0.6) is 0 Å². The maximum absolute atomic E-state index is 13.9. The lowest BCUT2D eigenvalue weighted by molar-refractivity contribution is 0.578. The van der Waals surface area contributed by atoms with Crippen LogP contribution in [-0.4, -0.2) is 54.7 Å². The van der Waals surface area contributed by atoms with Crippen LogP contribution in [0.3, 0.4) is 0 Å². The van der Waals surface area contributed by atoms with Crippen molar-refractivity contribution in [3.63, 3.8) is 0 Å². The molecule has 2 saturated heterocycles. The highest BCUT2D eigenvalue weighted by atomic mass is 19.1. The molecule has 116 valence electrons. The van der Waals surface area contributed by atoms with Gasteiger partial charge in [0.25, 0.3) is 0 Å². The third kappa shape index (κ3) is 1.79. The number of nitrogens with zero attached hydrogens (tertiary/aromatic N) is 8. The molecular formula is C14H13FN8. The van der Waals surface area contributed by atoms with Gasteiger partial charge >= 0.3 is 0 Å². The van der Waals surface area contributed by atoms with E-state index in [1.165, 1.54) is 12.5 Å². The number of aromatic nitrogens is 6. The fraction of sp³-hybridized carbons (Fsp3) is 0.357. The molecule has 0 aliphatic carbocycles. The molecule has 0 aromatic carbocycles. The topological polar surface area (TPSA) is 75.3 Å². The number of halogens is 1. The first-order chi connectivity index (χ1) is 11.3. The lowest BCUT2D eigenvalue weighted by Gasteiger charge is -2.35. The van der Waals surface area contributed by atoms with Crippen molar-refractivity contribution in [1.82, 2.24) is 29.5 Å². The van der Waals surface area contributed by atoms with Gasteiger partial charge in [0.1, 0.15) is 12.7 Å². The minimum Gasteiger partial charge on any atom is -0.347 e. The molecular weight excluding hydrogens is 299 g/mol. The van der Waals surface area contributed by atoms with Crippen molar-refractivity contribution in [2.75, 3.05) is 22.9 Å². The Hall–Kier alpha value is -2.84. The van der Waals surface area contributed by atoms with Crippen LogP contribution in [0.1, 0.15) is 6.42 Å². The summed E-state index contributed by atoms with van der Waals surface area (Å²) in [5.74, 6) is 0.852. The van der Waals surface area contributed by atoms with E-state index < -0.39 is 0 Å². The summed E-state index contributed by atoms with van der Waals surface area (Å²) in [5, 5.41) is 8.09. The predicted molar refractivity (Wildman–Crippen MR) is 79.7 cm³/mol. The standard InChI is InChI=1S/C14H13FN8/c15-11-4-16-7-18-12(11)22-5-10-3-9(22)6-23(10)13-14-20-19-8-21(14)2-1-17-13/h1-2,4,7-10H,3,5-6H2. The SMILES string of the molecule is Fc1cncnc1N1CC2CC1CN2c1nccn2cnnc12. The molecule has 2 unspecified atom stereocenters. The molecule has 3 aromatic rings. The van der Waals surface area contributed by atoms with Crippen LogP contribution in [0, 0.1) is 5.82 Å². The maximum atomic E-state index is 13.9. The molecule has 0 amide bonds. The Morgan fingerprint density at radius 1 is 1.09 bits per heavy atom. The second-order valence-corrected chi connectivity index (χ2v) is 5.86. The van der Waals surface area contributed by atoms with Crippen molar-refractivity contribution < 1.29 is 4.39 Å². The largest absolute Gasteiger partial charge is 0.347 e. The van der Waals surface area contributed by atoms with E-state index in [1.807, 2.05) is 15.5 Å². The van der Waals surface area contributed by atoms with Crippen LogP contribution < -0.4 is 9.80 Å². The third-order valence-corrected chi connectivity index (χ3v) is 4.63. The first-order valence-corrected chi connectivity index (χ1v) is 7.44. The normalized spacial score (nSPS) is 23.2. The molecule has 5 heterocycles. The van der Waals surface area contributed by atoms with Gasteiger partial charge in [-0.3, -0.25) is 4.40 Å². The van der Waals surface area contributed by atoms with E-state index in [0.717, 1.165) is 31.0 Å². The summed E-state index contributed by atoms with van der Waals surface area (Å²) in [6.45, 7) is 1.49. The average Bonchev–Trinajstić information content (AvgIpc) is 3.29. The minimum atomic E-state index is -0.371. The molecule has 3 aromatic heterocycles. The van der Waals surface area contributed by atoms with Gasteiger partial charge in [-0.1, -0.05) is 0 Å². The highest BCUT2D eigenvalue weighted by molar-refractivity contribution is 5.66. The van der Waals surface area contributed by atoms with Gasteiger partial charge in [-0.15, -0.1) is 10.2 Å². The van der Waals surface area contributed by atoms with E-state index in [1.54, 1.807) is 12.5 Å². The molecule has 0 radical (unpaired) electrons. The van der Waals surface area contributed by atoms with Crippen molar-refractivity contribution in [2.45, 2.75) is 18.5 Å². The maximum Gasteiger partial charge on any atom is 0.203 e. The highest BCUT2D eigenvalue weighted by Crippen LogP contribution is 2.37. The summed E-state index contributed by atoms with van der Waals surface area (Å²) in [6, 6.07) is 0.485. The van der Waals surface area contributed by atoms with Gasteiger partial charge in [0.05, 0.1) is 18.3 Å². The second kappa shape index (κ2) is 4.58. The monoisotopic (exact) mass is 312 g/mol. The van der Waals surface area contributed by atoms with Gasteiger partial charge in [0.15, 0.2) is 17.5 Å². The van der Waals surface area contributed by atoms with Crippen LogP contribution in [0.4, 0.5) is 16.0 Å². The van der Waals surface area contributed by atoms with Crippen LogP contribution in [-0.2, 0) is 0 Å². The molecule has 0 spiro atoms. The zero-order chi connectivity index (χ0) is 15.4. The van der Waals surface area contributed by atoms with E-state index in [4.69, 9.17) is 0 Å². The highest BCUT2D eigenvalue weighted by Gasteiger charge is 2.45. The van der Waals surface area contributed by atoms with Crippen molar-refractivity contribution >= 4 is 17.3 Å². The first kappa shape index (κ1) is 12.7. The molecule has 2 atom stereocenters. The summed E-state index contributed by atoms with van der Waals surface area (Å²) in [6.07, 6.45) is 8.80. The van der Waals surface area contributed by atoms with Gasteiger partial charge in [0, 0.05) is 25.5 Å². The molecule has 2 aliphatic rings. The van der Waals surface area contributed by atoms with E-state index in [-0.39, 0.29) is 17.9 Å². The smallest absolute Gasteiger partial charge is 0.203 e. The van der Waals surface area contributed by atoms with Crippen molar-refractivity contribution in [3.05, 3.63) is 37.1 Å². The first-order valence-electron chi connectivity index (χ1n) is 7.44. The Bertz CT molecular complexity index is 880. The molecule has 23 heavy (non-hydrogen) atoms. The van der Waals surface area contributed by atoms with E-state index in [0.29, 0.717) is 5.82 Å². The lowest BCUT2D eigenvalue weighted by atomic mass is 10.2. The lowest BCUT2D eigenvalue weighted by Crippen LogP contribution is -2.47. The number of hydrogen-bond donors (Lipinski definition) is 0. The molecule has 9 heteroatoms. The zero-order valence-electron chi connectivity index (χ0n) is 12.1. The van der Waals surface area contributed by atoms with Gasteiger partial charge in [-0.25, -0.2) is 19.3 Å². The summed E-state index contributed by atoms with van der Waals surface area (Å²) in [7, 11) is 0. The van der Waals surface area contributed by atoms with E-state index in [9.17, 15) is 4.39 Å². The average molecular weight is 312 g/mol. The predicted octanol–water partition coefficient (Wildman–Crippen LogP) is 0.521. The van der Waals surface area contributed by atoms with Crippen LogP contribution in [0.2, 0.25) is 0 Å². The Kier molecular flexibility index (Phi) is 2.52. The van der Waals surface area contributed by atoms with Crippen molar-refractivity contribution in [1.29, 1.82) is 0 Å². The molecule has 2 bridgehead atoms. The van der Waals surface area contributed by atoms with Gasteiger partial charge in [0.2, 0.25) is 5.65 Å². The number of hydrogen-bond acceptors (Lipinski definition) is 7. The molecule has 2 fully saturated rings. The Labute approximate surface area is 130 Å². The summed E-state index contributed by atoms with van der Waals surface area (Å²) in [5.41, 5.74) is 0.750. The minimum absolute atomic E-state index is 0.217. The fourth-order valence-electron chi connectivity index (χ4n) is 3.65. The van der Waals surface area contributed by atoms with Gasteiger partial charge in [-0.2, -0.15) is 0 Å².